The molecule has 0 radical (unpaired) electrons. The van der Waals surface area contributed by atoms with E-state index in [1.54, 1.807) is 0 Å². The monoisotopic (exact) mass is 251 g/mol. The zero-order chi connectivity index (χ0) is 12.5. The van der Waals surface area contributed by atoms with E-state index in [9.17, 15) is 8.78 Å². The smallest absolute Gasteiger partial charge is 0.186 e. The van der Waals surface area contributed by atoms with Crippen LogP contribution >= 0.6 is 0 Å². The summed E-state index contributed by atoms with van der Waals surface area (Å²) >= 11 is 0. The van der Waals surface area contributed by atoms with E-state index in [1.807, 2.05) is 0 Å². The van der Waals surface area contributed by atoms with Crippen molar-refractivity contribution in [2.24, 2.45) is 0 Å². The zero-order valence-electron chi connectivity index (χ0n) is 9.97. The molecule has 2 aromatic rings. The van der Waals surface area contributed by atoms with Crippen molar-refractivity contribution >= 4 is 11.0 Å². The largest absolute Gasteiger partial charge is 0.342 e. The molecule has 2 N–H and O–H groups in total. The highest BCUT2D eigenvalue weighted by molar-refractivity contribution is 5.75. The molecular weight excluding hydrogens is 236 g/mol. The number of aromatic amines is 1. The summed E-state index contributed by atoms with van der Waals surface area (Å²) in [5, 5.41) is 3.41. The molecule has 1 unspecified atom stereocenters. The number of rotatable bonds is 2. The van der Waals surface area contributed by atoms with Crippen molar-refractivity contribution < 1.29 is 8.78 Å². The van der Waals surface area contributed by atoms with Gasteiger partial charge in [-0.05, 0) is 31.5 Å². The number of nitrogens with one attached hydrogen (secondary N) is 2. The van der Waals surface area contributed by atoms with Gasteiger partial charge in [0.1, 0.15) is 11.3 Å². The van der Waals surface area contributed by atoms with E-state index in [2.05, 4.69) is 15.3 Å². The van der Waals surface area contributed by atoms with Crippen LogP contribution in [-0.2, 0) is 6.42 Å². The van der Waals surface area contributed by atoms with Gasteiger partial charge in [0.2, 0.25) is 0 Å². The third kappa shape index (κ3) is 2.10. The first-order chi connectivity index (χ1) is 8.74. The Bertz CT molecular complexity index is 559. The van der Waals surface area contributed by atoms with Crippen LogP contribution in [0.15, 0.2) is 12.1 Å². The first-order valence-corrected chi connectivity index (χ1v) is 6.30. The van der Waals surface area contributed by atoms with Crippen molar-refractivity contribution in [1.29, 1.82) is 0 Å². The van der Waals surface area contributed by atoms with E-state index in [0.717, 1.165) is 25.5 Å². The molecule has 5 heteroatoms. The highest BCUT2D eigenvalue weighted by Gasteiger charge is 2.17. The SMILES string of the molecule is Fc1ccc2[nH]c(CC3CCCCN3)nc2c1F. The number of hydrogen-bond donors (Lipinski definition) is 2. The second-order valence-electron chi connectivity index (χ2n) is 4.79. The molecule has 0 saturated carbocycles. The molecule has 1 aromatic heterocycles. The predicted octanol–water partition coefficient (Wildman–Crippen LogP) is 2.53. The second-order valence-corrected chi connectivity index (χ2v) is 4.79. The Labute approximate surface area is 104 Å². The van der Waals surface area contributed by atoms with Gasteiger partial charge in [0, 0.05) is 12.5 Å². The molecule has 1 aliphatic rings. The Hall–Kier alpha value is -1.49. The molecule has 2 heterocycles. The topological polar surface area (TPSA) is 40.7 Å². The van der Waals surface area contributed by atoms with Crippen LogP contribution in [0.3, 0.4) is 0 Å². The van der Waals surface area contributed by atoms with Gasteiger partial charge >= 0.3 is 0 Å². The summed E-state index contributed by atoms with van der Waals surface area (Å²) in [5.41, 5.74) is 0.653. The number of hydrogen-bond acceptors (Lipinski definition) is 2. The van der Waals surface area contributed by atoms with Crippen molar-refractivity contribution in [2.75, 3.05) is 6.54 Å². The average molecular weight is 251 g/mol. The molecule has 1 saturated heterocycles. The maximum Gasteiger partial charge on any atom is 0.186 e. The molecule has 1 atom stereocenters. The number of fused-ring (bicyclic) bond motifs is 1. The summed E-state index contributed by atoms with van der Waals surface area (Å²) in [6, 6.07) is 3.03. The number of halogens is 2. The van der Waals surface area contributed by atoms with Gasteiger partial charge < -0.3 is 10.3 Å². The van der Waals surface area contributed by atoms with Crippen LogP contribution in [0, 0.1) is 11.6 Å². The summed E-state index contributed by atoms with van der Waals surface area (Å²) in [7, 11) is 0. The quantitative estimate of drug-likeness (QED) is 0.861. The molecule has 0 spiro atoms. The molecular formula is C13H15F2N3. The van der Waals surface area contributed by atoms with E-state index in [0.29, 0.717) is 17.4 Å². The number of H-pyrrole nitrogens is 1. The van der Waals surface area contributed by atoms with Gasteiger partial charge in [-0.3, -0.25) is 0 Å². The molecule has 1 aromatic carbocycles. The van der Waals surface area contributed by atoms with Gasteiger partial charge in [0.25, 0.3) is 0 Å². The molecule has 18 heavy (non-hydrogen) atoms. The first-order valence-electron chi connectivity index (χ1n) is 6.30. The summed E-state index contributed by atoms with van der Waals surface area (Å²) < 4.78 is 26.6. The fraction of sp³-hybridized carbons (Fsp3) is 0.462. The third-order valence-corrected chi connectivity index (χ3v) is 3.45. The van der Waals surface area contributed by atoms with Crippen molar-refractivity contribution in [3.8, 4) is 0 Å². The Morgan fingerprint density at radius 1 is 1.28 bits per heavy atom. The molecule has 3 rings (SSSR count). The van der Waals surface area contributed by atoms with Crippen LogP contribution in [0.1, 0.15) is 25.1 Å². The summed E-state index contributed by atoms with van der Waals surface area (Å²) in [4.78, 5) is 7.21. The highest BCUT2D eigenvalue weighted by Crippen LogP contribution is 2.19. The molecule has 1 fully saturated rings. The van der Waals surface area contributed by atoms with Crippen LogP contribution < -0.4 is 5.32 Å². The van der Waals surface area contributed by atoms with Crippen LogP contribution in [0.25, 0.3) is 11.0 Å². The van der Waals surface area contributed by atoms with Gasteiger partial charge in [-0.1, -0.05) is 6.42 Å². The average Bonchev–Trinajstić information content (AvgIpc) is 2.79. The molecule has 0 bridgehead atoms. The minimum Gasteiger partial charge on any atom is -0.342 e. The maximum atomic E-state index is 13.5. The Morgan fingerprint density at radius 3 is 2.94 bits per heavy atom. The van der Waals surface area contributed by atoms with E-state index in [-0.39, 0.29) is 5.52 Å². The Morgan fingerprint density at radius 2 is 2.17 bits per heavy atom. The maximum absolute atomic E-state index is 13.5. The van der Waals surface area contributed by atoms with Crippen molar-refractivity contribution in [1.82, 2.24) is 15.3 Å². The van der Waals surface area contributed by atoms with Gasteiger partial charge in [-0.2, -0.15) is 0 Å². The van der Waals surface area contributed by atoms with Crippen LogP contribution in [0.2, 0.25) is 0 Å². The van der Waals surface area contributed by atoms with Crippen LogP contribution in [0.5, 0.6) is 0 Å². The summed E-state index contributed by atoms with van der Waals surface area (Å²) in [6.07, 6.45) is 4.25. The Kier molecular flexibility index (Phi) is 2.99. The summed E-state index contributed by atoms with van der Waals surface area (Å²) in [6.45, 7) is 1.02. The molecule has 0 aliphatic carbocycles. The van der Waals surface area contributed by atoms with Crippen molar-refractivity contribution in [2.45, 2.75) is 31.7 Å². The number of aromatic nitrogens is 2. The third-order valence-electron chi connectivity index (χ3n) is 3.45. The predicted molar refractivity (Wildman–Crippen MR) is 65.4 cm³/mol. The second kappa shape index (κ2) is 4.65. The number of piperidine rings is 1. The minimum absolute atomic E-state index is 0.0980. The number of benzene rings is 1. The summed E-state index contributed by atoms with van der Waals surface area (Å²) in [5.74, 6) is -1.00. The van der Waals surface area contributed by atoms with Gasteiger partial charge in [-0.15, -0.1) is 0 Å². The lowest BCUT2D eigenvalue weighted by Crippen LogP contribution is -2.35. The fourth-order valence-corrected chi connectivity index (χ4v) is 2.50. The Balaban J connectivity index is 1.86. The molecule has 1 aliphatic heterocycles. The lowest BCUT2D eigenvalue weighted by molar-refractivity contribution is 0.395. The van der Waals surface area contributed by atoms with Crippen molar-refractivity contribution in [3.05, 3.63) is 29.6 Å². The van der Waals surface area contributed by atoms with E-state index >= 15 is 0 Å². The van der Waals surface area contributed by atoms with E-state index < -0.39 is 11.6 Å². The van der Waals surface area contributed by atoms with Gasteiger partial charge in [-0.25, -0.2) is 13.8 Å². The highest BCUT2D eigenvalue weighted by atomic mass is 19.2. The molecule has 96 valence electrons. The van der Waals surface area contributed by atoms with Gasteiger partial charge in [0.15, 0.2) is 11.6 Å². The zero-order valence-corrected chi connectivity index (χ0v) is 9.97. The van der Waals surface area contributed by atoms with E-state index in [1.165, 1.54) is 18.9 Å². The molecule has 3 nitrogen and oxygen atoms in total. The lowest BCUT2D eigenvalue weighted by Gasteiger charge is -2.22. The van der Waals surface area contributed by atoms with Crippen LogP contribution in [0.4, 0.5) is 8.78 Å². The standard InChI is InChI=1S/C13H15F2N3/c14-9-4-5-10-13(12(9)15)18-11(17-10)7-8-3-1-2-6-16-8/h4-5,8,16H,1-3,6-7H2,(H,17,18). The number of nitrogens with zero attached hydrogens (tertiary/aromatic N) is 1. The van der Waals surface area contributed by atoms with E-state index in [4.69, 9.17) is 0 Å². The molecule has 0 amide bonds. The van der Waals surface area contributed by atoms with Crippen LogP contribution in [-0.4, -0.2) is 22.6 Å². The number of imidazole rings is 1. The van der Waals surface area contributed by atoms with Gasteiger partial charge in [0.05, 0.1) is 5.52 Å². The lowest BCUT2D eigenvalue weighted by atomic mass is 10.0. The first kappa shape index (κ1) is 11.6. The fourth-order valence-electron chi connectivity index (χ4n) is 2.50. The normalized spacial score (nSPS) is 20.4. The van der Waals surface area contributed by atoms with Crippen molar-refractivity contribution in [3.63, 3.8) is 0 Å². The minimum atomic E-state index is -0.869.